The Morgan fingerprint density at radius 1 is 1.20 bits per heavy atom. The third kappa shape index (κ3) is 4.18. The van der Waals surface area contributed by atoms with Crippen molar-refractivity contribution < 1.29 is 28.2 Å². The molecule has 6 rings (SSSR count). The number of rotatable bonds is 7. The molecule has 35 heavy (non-hydrogen) atoms. The van der Waals surface area contributed by atoms with E-state index in [0.29, 0.717) is 40.5 Å². The molecular weight excluding hydrogens is 452 g/mol. The molecule has 0 spiro atoms. The first-order valence-electron chi connectivity index (χ1n) is 11.4. The molecule has 0 saturated heterocycles. The molecule has 0 radical (unpaired) electrons. The number of hydrogen-bond donors (Lipinski definition) is 1. The van der Waals surface area contributed by atoms with Crippen molar-refractivity contribution in [1.82, 2.24) is 20.1 Å². The van der Waals surface area contributed by atoms with Gasteiger partial charge in [-0.15, -0.1) is 0 Å². The van der Waals surface area contributed by atoms with E-state index in [9.17, 15) is 9.59 Å². The van der Waals surface area contributed by atoms with Crippen LogP contribution < -0.4 is 14.8 Å². The zero-order valence-electron chi connectivity index (χ0n) is 18.9. The maximum atomic E-state index is 13.2. The predicted octanol–water partition coefficient (Wildman–Crippen LogP) is 3.29. The second-order valence-electron chi connectivity index (χ2n) is 8.59. The lowest BCUT2D eigenvalue weighted by Crippen LogP contribution is -2.37. The molecule has 2 aliphatic rings. The smallest absolute Gasteiger partial charge is 0.339 e. The quantitative estimate of drug-likeness (QED) is 0.406. The van der Waals surface area contributed by atoms with Crippen LogP contribution in [0.2, 0.25) is 0 Å². The molecule has 1 fully saturated rings. The monoisotopic (exact) mass is 474 g/mol. The van der Waals surface area contributed by atoms with Gasteiger partial charge in [-0.3, -0.25) is 4.79 Å². The Balaban J connectivity index is 1.34. The van der Waals surface area contributed by atoms with Crippen LogP contribution in [0.1, 0.15) is 35.7 Å². The van der Waals surface area contributed by atoms with Crippen molar-refractivity contribution in [2.75, 3.05) is 6.79 Å². The highest BCUT2D eigenvalue weighted by Gasteiger charge is 2.28. The van der Waals surface area contributed by atoms with E-state index in [4.69, 9.17) is 23.6 Å². The van der Waals surface area contributed by atoms with Gasteiger partial charge in [0.25, 0.3) is 5.91 Å². The van der Waals surface area contributed by atoms with Crippen LogP contribution in [0.15, 0.2) is 53.3 Å². The molecule has 1 amide bonds. The number of carbonyl (C=O) groups excluding carboxylic acids is 2. The van der Waals surface area contributed by atoms with Gasteiger partial charge in [0, 0.05) is 6.04 Å². The number of aromatic nitrogens is 3. The number of ether oxygens (including phenoxy) is 3. The van der Waals surface area contributed by atoms with E-state index in [1.807, 2.05) is 18.2 Å². The highest BCUT2D eigenvalue weighted by Crippen LogP contribution is 2.33. The van der Waals surface area contributed by atoms with Gasteiger partial charge in [-0.1, -0.05) is 6.07 Å². The number of fused-ring (bicyclic) bond motifs is 2. The van der Waals surface area contributed by atoms with E-state index in [0.717, 1.165) is 18.4 Å². The second kappa shape index (κ2) is 8.46. The number of pyridine rings is 1. The highest BCUT2D eigenvalue weighted by atomic mass is 16.7. The van der Waals surface area contributed by atoms with Crippen LogP contribution in [0, 0.1) is 0 Å². The van der Waals surface area contributed by atoms with Crippen molar-refractivity contribution >= 4 is 22.9 Å². The zero-order chi connectivity index (χ0) is 23.9. The summed E-state index contributed by atoms with van der Waals surface area (Å²) >= 11 is 0. The lowest BCUT2D eigenvalue weighted by Gasteiger charge is -2.14. The van der Waals surface area contributed by atoms with Crippen molar-refractivity contribution in [3.63, 3.8) is 0 Å². The molecular formula is C25H22N4O6. The molecule has 10 nitrogen and oxygen atoms in total. The fraction of sp³-hybridized carbons (Fsp3) is 0.280. The Bertz CT molecular complexity index is 1420. The van der Waals surface area contributed by atoms with Crippen molar-refractivity contribution in [3.05, 3.63) is 60.0 Å². The van der Waals surface area contributed by atoms with Gasteiger partial charge in [0.2, 0.25) is 6.79 Å². The molecule has 10 heteroatoms. The molecule has 1 aliphatic heterocycles. The lowest BCUT2D eigenvalue weighted by atomic mass is 10.1. The Morgan fingerprint density at radius 2 is 2.06 bits per heavy atom. The van der Waals surface area contributed by atoms with Crippen LogP contribution in [0.5, 0.6) is 11.5 Å². The summed E-state index contributed by atoms with van der Waals surface area (Å²) < 4.78 is 23.6. The summed E-state index contributed by atoms with van der Waals surface area (Å²) in [5, 5.41) is 7.84. The highest BCUT2D eigenvalue weighted by molar-refractivity contribution is 6.04. The van der Waals surface area contributed by atoms with Gasteiger partial charge < -0.3 is 23.9 Å². The summed E-state index contributed by atoms with van der Waals surface area (Å²) in [7, 11) is 0. The first-order valence-corrected chi connectivity index (χ1v) is 11.4. The normalized spacial score (nSPS) is 15.2. The fourth-order valence-electron chi connectivity index (χ4n) is 3.92. The maximum absolute atomic E-state index is 13.2. The molecule has 1 N–H and O–H groups in total. The summed E-state index contributed by atoms with van der Waals surface area (Å²) in [6, 6.07) is 10.9. The largest absolute Gasteiger partial charge is 0.463 e. The van der Waals surface area contributed by atoms with Crippen LogP contribution in [-0.2, 0) is 16.1 Å². The number of benzene rings is 1. The minimum absolute atomic E-state index is 0.177. The van der Waals surface area contributed by atoms with Crippen molar-refractivity contribution in [1.29, 1.82) is 0 Å². The summed E-state index contributed by atoms with van der Waals surface area (Å²) in [6.45, 7) is 2.15. The molecule has 178 valence electrons. The summed E-state index contributed by atoms with van der Waals surface area (Å²) in [6.07, 6.45) is 4.08. The Kier molecular flexibility index (Phi) is 5.13. The fourth-order valence-corrected chi connectivity index (χ4v) is 3.92. The minimum Gasteiger partial charge on any atom is -0.463 e. The molecule has 3 aromatic heterocycles. The molecule has 1 unspecified atom stereocenters. The summed E-state index contributed by atoms with van der Waals surface area (Å²) in [4.78, 5) is 30.2. The first-order chi connectivity index (χ1) is 17.0. The molecule has 1 saturated carbocycles. The number of esters is 1. The van der Waals surface area contributed by atoms with Gasteiger partial charge in [0.05, 0.1) is 30.0 Å². The molecule has 1 atom stereocenters. The molecule has 4 aromatic rings. The van der Waals surface area contributed by atoms with E-state index in [1.165, 1.54) is 6.26 Å². The second-order valence-corrected chi connectivity index (χ2v) is 8.59. The third-order valence-corrected chi connectivity index (χ3v) is 5.95. The van der Waals surface area contributed by atoms with Crippen molar-refractivity contribution in [2.45, 2.75) is 38.5 Å². The molecule has 1 aliphatic carbocycles. The predicted molar refractivity (Wildman–Crippen MR) is 123 cm³/mol. The molecule has 0 bridgehead atoms. The summed E-state index contributed by atoms with van der Waals surface area (Å²) in [5.74, 6) is 0.923. The van der Waals surface area contributed by atoms with Gasteiger partial charge in [0.15, 0.2) is 29.0 Å². The van der Waals surface area contributed by atoms with E-state index < -0.39 is 12.1 Å². The topological polar surface area (TPSA) is 118 Å². The first kappa shape index (κ1) is 21.2. The Labute approximate surface area is 199 Å². The van der Waals surface area contributed by atoms with E-state index in [-0.39, 0.29) is 24.3 Å². The van der Waals surface area contributed by atoms with Gasteiger partial charge in [0.1, 0.15) is 5.69 Å². The number of nitrogens with zero attached hydrogens (tertiary/aromatic N) is 3. The number of amides is 1. The molecule has 1 aromatic carbocycles. The van der Waals surface area contributed by atoms with Gasteiger partial charge in [-0.2, -0.15) is 5.10 Å². The summed E-state index contributed by atoms with van der Waals surface area (Å²) in [5.41, 5.74) is 2.12. The van der Waals surface area contributed by atoms with Gasteiger partial charge >= 0.3 is 5.97 Å². The van der Waals surface area contributed by atoms with Crippen LogP contribution >= 0.6 is 0 Å². The average molecular weight is 474 g/mol. The van der Waals surface area contributed by atoms with E-state index >= 15 is 0 Å². The van der Waals surface area contributed by atoms with Crippen LogP contribution in [0.4, 0.5) is 0 Å². The van der Waals surface area contributed by atoms with E-state index in [1.54, 1.807) is 36.0 Å². The van der Waals surface area contributed by atoms with Crippen LogP contribution in [-0.4, -0.2) is 45.6 Å². The molecule has 4 heterocycles. The van der Waals surface area contributed by atoms with Crippen molar-refractivity contribution in [3.8, 4) is 23.0 Å². The standard InChI is InChI=1S/C25H22N4O6/c1-14(24(30)27-16-5-6-16)35-25(31)17-10-19(20-3-2-8-32-20)28-23-18(17)11-26-29(23)12-15-4-7-21-22(9-15)34-13-33-21/h2-4,7-11,14,16H,5-6,12-13H2,1H3,(H,27,30). The number of nitrogens with one attached hydrogen (secondary N) is 1. The van der Waals surface area contributed by atoms with Crippen LogP contribution in [0.3, 0.4) is 0 Å². The maximum Gasteiger partial charge on any atom is 0.339 e. The number of carbonyl (C=O) groups is 2. The Hall–Kier alpha value is -4.34. The minimum atomic E-state index is -0.929. The number of furan rings is 1. The Morgan fingerprint density at radius 3 is 2.86 bits per heavy atom. The SMILES string of the molecule is CC(OC(=O)c1cc(-c2ccco2)nc2c1cnn2Cc1ccc2c(c1)OCO2)C(=O)NC1CC1. The van der Waals surface area contributed by atoms with Gasteiger partial charge in [-0.25, -0.2) is 14.5 Å². The number of hydrogen-bond acceptors (Lipinski definition) is 8. The van der Waals surface area contributed by atoms with Gasteiger partial charge in [-0.05, 0) is 55.7 Å². The van der Waals surface area contributed by atoms with Crippen molar-refractivity contribution in [2.24, 2.45) is 0 Å². The lowest BCUT2D eigenvalue weighted by molar-refractivity contribution is -0.129. The van der Waals surface area contributed by atoms with Crippen LogP contribution in [0.25, 0.3) is 22.5 Å². The zero-order valence-corrected chi connectivity index (χ0v) is 18.9. The third-order valence-electron chi connectivity index (χ3n) is 5.95. The van der Waals surface area contributed by atoms with E-state index in [2.05, 4.69) is 10.4 Å². The average Bonchev–Trinajstić information content (AvgIpc) is 3.24.